The van der Waals surface area contributed by atoms with Gasteiger partial charge in [-0.1, -0.05) is 91.9 Å². The summed E-state index contributed by atoms with van der Waals surface area (Å²) in [7, 11) is 0. The van der Waals surface area contributed by atoms with Gasteiger partial charge in [-0.2, -0.15) is 0 Å². The first-order chi connectivity index (χ1) is 16.2. The van der Waals surface area contributed by atoms with E-state index in [1.54, 1.807) is 6.08 Å². The first kappa shape index (κ1) is 23.0. The number of amides is 1. The minimum absolute atomic E-state index is 0.0855. The minimum atomic E-state index is 0.0855. The average molecular weight is 440 g/mol. The molecule has 4 nitrogen and oxygen atoms in total. The molecule has 0 aliphatic carbocycles. The highest BCUT2D eigenvalue weighted by molar-refractivity contribution is 5.91. The molecule has 1 fully saturated rings. The van der Waals surface area contributed by atoms with E-state index in [0.29, 0.717) is 0 Å². The standard InChI is InChI=1S/C29H33N3O/c1-2-30-23-25-15-13-24(14-16-25)17-18-28(33)31-19-21-32(22-20-31)29(26-9-5-3-6-10-26)27-11-7-4-8-12-27/h3-18,29-30H,2,19-23H2,1H3/b18-17+. The second-order valence-corrected chi connectivity index (χ2v) is 8.44. The van der Waals surface area contributed by atoms with E-state index in [9.17, 15) is 4.79 Å². The van der Waals surface area contributed by atoms with Crippen LogP contribution in [0.15, 0.2) is 91.0 Å². The maximum atomic E-state index is 12.8. The van der Waals surface area contributed by atoms with Gasteiger partial charge in [0.1, 0.15) is 0 Å². The molecule has 1 amide bonds. The van der Waals surface area contributed by atoms with Gasteiger partial charge < -0.3 is 10.2 Å². The Labute approximate surface area is 197 Å². The quantitative estimate of drug-likeness (QED) is 0.515. The lowest BCUT2D eigenvalue weighted by atomic mass is 9.96. The van der Waals surface area contributed by atoms with Crippen LogP contribution in [-0.4, -0.2) is 48.4 Å². The molecule has 0 spiro atoms. The summed E-state index contributed by atoms with van der Waals surface area (Å²) < 4.78 is 0. The highest BCUT2D eigenvalue weighted by atomic mass is 16.2. The number of carbonyl (C=O) groups is 1. The highest BCUT2D eigenvalue weighted by Gasteiger charge is 2.27. The molecular weight excluding hydrogens is 406 g/mol. The van der Waals surface area contributed by atoms with Gasteiger partial charge in [-0.05, 0) is 34.9 Å². The molecule has 0 aromatic heterocycles. The molecule has 3 aromatic carbocycles. The molecule has 4 heteroatoms. The van der Waals surface area contributed by atoms with Crippen LogP contribution in [0.25, 0.3) is 6.08 Å². The Balaban J connectivity index is 1.37. The zero-order valence-electron chi connectivity index (χ0n) is 19.4. The SMILES string of the molecule is CCNCc1ccc(/C=C/C(=O)N2CCN(C(c3ccccc3)c3ccccc3)CC2)cc1. The van der Waals surface area contributed by atoms with Crippen LogP contribution in [0.3, 0.4) is 0 Å². The van der Waals surface area contributed by atoms with Crippen molar-refractivity contribution < 1.29 is 4.79 Å². The summed E-state index contributed by atoms with van der Waals surface area (Å²) >= 11 is 0. The van der Waals surface area contributed by atoms with E-state index >= 15 is 0 Å². The maximum absolute atomic E-state index is 12.8. The van der Waals surface area contributed by atoms with Crippen molar-refractivity contribution in [2.24, 2.45) is 0 Å². The third-order valence-corrected chi connectivity index (χ3v) is 6.20. The fourth-order valence-corrected chi connectivity index (χ4v) is 4.37. The fraction of sp³-hybridized carbons (Fsp3) is 0.276. The summed E-state index contributed by atoms with van der Waals surface area (Å²) in [6.07, 6.45) is 3.63. The molecule has 1 heterocycles. The normalized spacial score (nSPS) is 14.8. The van der Waals surface area contributed by atoms with Crippen LogP contribution in [0.5, 0.6) is 0 Å². The van der Waals surface area contributed by atoms with Crippen LogP contribution in [0.4, 0.5) is 0 Å². The van der Waals surface area contributed by atoms with Crippen molar-refractivity contribution in [2.75, 3.05) is 32.7 Å². The summed E-state index contributed by atoms with van der Waals surface area (Å²) in [5.41, 5.74) is 4.89. The Morgan fingerprint density at radius 1 is 0.848 bits per heavy atom. The van der Waals surface area contributed by atoms with Crippen LogP contribution >= 0.6 is 0 Å². The minimum Gasteiger partial charge on any atom is -0.337 e. The number of piperazine rings is 1. The molecule has 0 unspecified atom stereocenters. The Hall–Kier alpha value is -3.21. The van der Waals surface area contributed by atoms with E-state index in [-0.39, 0.29) is 11.9 Å². The van der Waals surface area contributed by atoms with Gasteiger partial charge in [0.2, 0.25) is 5.91 Å². The van der Waals surface area contributed by atoms with Gasteiger partial charge in [-0.3, -0.25) is 9.69 Å². The topological polar surface area (TPSA) is 35.6 Å². The summed E-state index contributed by atoms with van der Waals surface area (Å²) in [5.74, 6) is 0.0855. The molecule has 0 bridgehead atoms. The molecule has 1 aliphatic rings. The van der Waals surface area contributed by atoms with Gasteiger partial charge in [0.25, 0.3) is 0 Å². The number of carbonyl (C=O) groups excluding carboxylic acids is 1. The van der Waals surface area contributed by atoms with Crippen molar-refractivity contribution >= 4 is 12.0 Å². The lowest BCUT2D eigenvalue weighted by molar-refractivity contribution is -0.127. The molecule has 1 aliphatic heterocycles. The van der Waals surface area contributed by atoms with Gasteiger partial charge >= 0.3 is 0 Å². The zero-order valence-corrected chi connectivity index (χ0v) is 19.4. The second-order valence-electron chi connectivity index (χ2n) is 8.44. The first-order valence-corrected chi connectivity index (χ1v) is 11.8. The smallest absolute Gasteiger partial charge is 0.246 e. The predicted molar refractivity (Wildman–Crippen MR) is 136 cm³/mol. The number of nitrogens with one attached hydrogen (secondary N) is 1. The summed E-state index contributed by atoms with van der Waals surface area (Å²) in [6, 6.07) is 29.9. The van der Waals surface area contributed by atoms with Gasteiger partial charge in [0.15, 0.2) is 0 Å². The van der Waals surface area contributed by atoms with Crippen molar-refractivity contribution in [3.05, 3.63) is 113 Å². The van der Waals surface area contributed by atoms with E-state index in [2.05, 4.69) is 102 Å². The predicted octanol–water partition coefficient (Wildman–Crippen LogP) is 4.74. The molecule has 1 saturated heterocycles. The Kier molecular flexibility index (Phi) is 8.07. The number of benzene rings is 3. The molecule has 0 atom stereocenters. The first-order valence-electron chi connectivity index (χ1n) is 11.8. The molecule has 4 rings (SSSR count). The van der Waals surface area contributed by atoms with E-state index in [1.807, 2.05) is 11.0 Å². The fourth-order valence-electron chi connectivity index (χ4n) is 4.37. The van der Waals surface area contributed by atoms with Gasteiger partial charge in [-0.25, -0.2) is 0 Å². The van der Waals surface area contributed by atoms with Gasteiger partial charge in [0.05, 0.1) is 6.04 Å². The van der Waals surface area contributed by atoms with Crippen LogP contribution in [0, 0.1) is 0 Å². The maximum Gasteiger partial charge on any atom is 0.246 e. The molecule has 0 saturated carbocycles. The van der Waals surface area contributed by atoms with Crippen molar-refractivity contribution in [3.8, 4) is 0 Å². The van der Waals surface area contributed by atoms with Crippen molar-refractivity contribution in [2.45, 2.75) is 19.5 Å². The van der Waals surface area contributed by atoms with Crippen molar-refractivity contribution in [3.63, 3.8) is 0 Å². The lowest BCUT2D eigenvalue weighted by Crippen LogP contribution is -2.49. The molecule has 170 valence electrons. The highest BCUT2D eigenvalue weighted by Crippen LogP contribution is 2.29. The third-order valence-electron chi connectivity index (χ3n) is 6.20. The Morgan fingerprint density at radius 3 is 1.97 bits per heavy atom. The summed E-state index contributed by atoms with van der Waals surface area (Å²) in [6.45, 7) is 7.12. The monoisotopic (exact) mass is 439 g/mol. The van der Waals surface area contributed by atoms with Crippen molar-refractivity contribution in [1.29, 1.82) is 0 Å². The zero-order chi connectivity index (χ0) is 22.9. The van der Waals surface area contributed by atoms with Crippen LogP contribution in [0.2, 0.25) is 0 Å². The van der Waals surface area contributed by atoms with Crippen LogP contribution in [-0.2, 0) is 11.3 Å². The van der Waals surface area contributed by atoms with Crippen molar-refractivity contribution in [1.82, 2.24) is 15.1 Å². The molecule has 0 radical (unpaired) electrons. The number of hydrogen-bond donors (Lipinski definition) is 1. The number of nitrogens with zero attached hydrogens (tertiary/aromatic N) is 2. The molecule has 1 N–H and O–H groups in total. The third kappa shape index (κ3) is 6.19. The molecule has 33 heavy (non-hydrogen) atoms. The molecule has 3 aromatic rings. The van der Waals surface area contributed by atoms with Crippen LogP contribution < -0.4 is 5.32 Å². The number of hydrogen-bond acceptors (Lipinski definition) is 3. The van der Waals surface area contributed by atoms with E-state index in [1.165, 1.54) is 16.7 Å². The van der Waals surface area contributed by atoms with Crippen LogP contribution in [0.1, 0.15) is 35.2 Å². The van der Waals surface area contributed by atoms with Gasteiger partial charge in [-0.15, -0.1) is 0 Å². The average Bonchev–Trinajstić information content (AvgIpc) is 2.88. The summed E-state index contributed by atoms with van der Waals surface area (Å²) in [4.78, 5) is 17.3. The summed E-state index contributed by atoms with van der Waals surface area (Å²) in [5, 5.41) is 3.33. The Bertz CT molecular complexity index is 984. The Morgan fingerprint density at radius 2 is 1.42 bits per heavy atom. The van der Waals surface area contributed by atoms with E-state index in [4.69, 9.17) is 0 Å². The molecular formula is C29H33N3O. The largest absolute Gasteiger partial charge is 0.337 e. The van der Waals surface area contributed by atoms with E-state index in [0.717, 1.165) is 44.8 Å². The lowest BCUT2D eigenvalue weighted by Gasteiger charge is -2.39. The van der Waals surface area contributed by atoms with Gasteiger partial charge in [0, 0.05) is 38.8 Å². The number of rotatable bonds is 8. The van der Waals surface area contributed by atoms with E-state index < -0.39 is 0 Å². The second kappa shape index (κ2) is 11.6.